The Morgan fingerprint density at radius 3 is 3.10 bits per heavy atom. The molecule has 0 radical (unpaired) electrons. The molecule has 0 saturated heterocycles. The number of aryl methyl sites for hydroxylation is 1. The van der Waals surface area contributed by atoms with Gasteiger partial charge in [0.2, 0.25) is 11.8 Å². The van der Waals surface area contributed by atoms with Crippen LogP contribution in [0.25, 0.3) is 5.88 Å². The summed E-state index contributed by atoms with van der Waals surface area (Å²) in [6.07, 6.45) is 8.16. The molecular formula is C12H10N6O3. The van der Waals surface area contributed by atoms with Gasteiger partial charge < -0.3 is 9.15 Å². The van der Waals surface area contributed by atoms with Crippen LogP contribution in [0.5, 0.6) is 5.88 Å². The predicted octanol–water partition coefficient (Wildman–Crippen LogP) is -0.158. The maximum absolute atomic E-state index is 11.9. The second-order valence-corrected chi connectivity index (χ2v) is 4.03. The summed E-state index contributed by atoms with van der Waals surface area (Å²) >= 11 is 0. The molecule has 0 aliphatic rings. The number of furan rings is 1. The van der Waals surface area contributed by atoms with E-state index in [1.54, 1.807) is 0 Å². The van der Waals surface area contributed by atoms with E-state index in [1.165, 1.54) is 25.6 Å². The van der Waals surface area contributed by atoms with Crippen molar-refractivity contribution in [1.29, 1.82) is 0 Å². The Labute approximate surface area is 119 Å². The number of rotatable bonds is 4. The highest BCUT2D eigenvalue weighted by Crippen LogP contribution is 2.21. The number of aromatic amines is 1. The van der Waals surface area contributed by atoms with Crippen molar-refractivity contribution in [2.75, 3.05) is 0 Å². The molecule has 0 aliphatic heterocycles. The van der Waals surface area contributed by atoms with Crippen LogP contribution >= 0.6 is 0 Å². The average molecular weight is 288 g/mol. The first-order chi connectivity index (χ1) is 10.6. The third-order valence-electron chi connectivity index (χ3n) is 2.75. The third-order valence-corrected chi connectivity index (χ3v) is 2.75. The molecule has 9 nitrogen and oxygen atoms in total. The SMILES string of the molecule is [3H]n1ccc(OCc2c(C#C)coc2-n2nnn(C)c2=O)n1. The lowest BCUT2D eigenvalue weighted by Crippen LogP contribution is -2.22. The quantitative estimate of drug-likeness (QED) is 0.669. The third kappa shape index (κ3) is 2.18. The van der Waals surface area contributed by atoms with Gasteiger partial charge in [0, 0.05) is 19.3 Å². The van der Waals surface area contributed by atoms with Crippen LogP contribution in [0.2, 0.25) is 1.41 Å². The van der Waals surface area contributed by atoms with E-state index in [2.05, 4.69) is 21.4 Å². The maximum atomic E-state index is 11.9. The van der Waals surface area contributed by atoms with E-state index >= 15 is 0 Å². The number of hydrogen-bond donors (Lipinski definition) is 1. The lowest BCUT2D eigenvalue weighted by Gasteiger charge is -2.03. The monoisotopic (exact) mass is 288 g/mol. The van der Waals surface area contributed by atoms with E-state index in [0.29, 0.717) is 11.1 Å². The first kappa shape index (κ1) is 11.5. The zero-order valence-corrected chi connectivity index (χ0v) is 10.9. The molecule has 3 rings (SSSR count). The molecule has 0 unspecified atom stereocenters. The van der Waals surface area contributed by atoms with E-state index in [0.717, 1.165) is 14.5 Å². The van der Waals surface area contributed by atoms with Crippen molar-refractivity contribution in [3.63, 3.8) is 0 Å². The molecule has 3 aromatic heterocycles. The fraction of sp³-hybridized carbons (Fsp3) is 0.167. The van der Waals surface area contributed by atoms with Crippen molar-refractivity contribution >= 4 is 0 Å². The molecule has 0 saturated carbocycles. The van der Waals surface area contributed by atoms with Crippen molar-refractivity contribution in [2.24, 2.45) is 7.05 Å². The zero-order valence-electron chi connectivity index (χ0n) is 11.9. The van der Waals surface area contributed by atoms with Crippen LogP contribution in [0.1, 0.15) is 11.1 Å². The number of hydrogen-bond acceptors (Lipinski definition) is 6. The zero-order chi connectivity index (χ0) is 15.7. The highest BCUT2D eigenvalue weighted by Gasteiger charge is 2.19. The minimum absolute atomic E-state index is 0.00535. The first-order valence-electron chi connectivity index (χ1n) is 6.29. The van der Waals surface area contributed by atoms with Gasteiger partial charge in [0.15, 0.2) is 1.41 Å². The highest BCUT2D eigenvalue weighted by atomic mass is 16.5. The van der Waals surface area contributed by atoms with Gasteiger partial charge in [-0.3, -0.25) is 5.09 Å². The van der Waals surface area contributed by atoms with Crippen LogP contribution in [0.3, 0.4) is 0 Å². The molecule has 0 aliphatic carbocycles. The fourth-order valence-electron chi connectivity index (χ4n) is 1.70. The van der Waals surface area contributed by atoms with E-state index in [1.807, 2.05) is 0 Å². The molecule has 0 atom stereocenters. The minimum atomic E-state index is -0.477. The maximum Gasteiger partial charge on any atom is 0.370 e. The van der Waals surface area contributed by atoms with Crippen LogP contribution < -0.4 is 10.4 Å². The first-order valence-corrected chi connectivity index (χ1v) is 5.84. The highest BCUT2D eigenvalue weighted by molar-refractivity contribution is 5.45. The van der Waals surface area contributed by atoms with E-state index < -0.39 is 5.69 Å². The number of nitrogens with one attached hydrogen (secondary N) is 1. The Morgan fingerprint density at radius 1 is 1.62 bits per heavy atom. The largest absolute Gasteiger partial charge is 0.471 e. The number of ether oxygens (including phenoxy) is 1. The van der Waals surface area contributed by atoms with Gasteiger partial charge in [0.25, 0.3) is 0 Å². The van der Waals surface area contributed by atoms with Gasteiger partial charge in [0.05, 0.1) is 11.1 Å². The summed E-state index contributed by atoms with van der Waals surface area (Å²) in [7, 11) is 1.47. The standard InChI is InChI=1S/C12H10N6O3/c1-3-8-6-21-11(18-12(19)17(2)15-16-18)9(8)7-20-10-4-5-13-14-10/h1,4-6H,7H2,2H3,(H,13,14)/i/hT. The summed E-state index contributed by atoms with van der Waals surface area (Å²) in [6, 6.07) is 1.52. The summed E-state index contributed by atoms with van der Waals surface area (Å²) in [4.78, 5) is 11.9. The number of aromatic nitrogens is 6. The molecule has 0 bridgehead atoms. The molecule has 0 fully saturated rings. The van der Waals surface area contributed by atoms with Gasteiger partial charge in [-0.2, -0.15) is 4.68 Å². The minimum Gasteiger partial charge on any atom is -0.471 e. The molecule has 0 amide bonds. The van der Waals surface area contributed by atoms with Crippen molar-refractivity contribution in [1.82, 2.24) is 30.0 Å². The molecule has 9 heteroatoms. The van der Waals surface area contributed by atoms with Gasteiger partial charge in [-0.05, 0) is 10.4 Å². The summed E-state index contributed by atoms with van der Waals surface area (Å²) in [5.74, 6) is 2.83. The Bertz CT molecular complexity index is 912. The summed E-state index contributed by atoms with van der Waals surface area (Å²) < 4.78 is 20.1. The van der Waals surface area contributed by atoms with Gasteiger partial charge in [0.1, 0.15) is 12.9 Å². The normalized spacial score (nSPS) is 11.1. The lowest BCUT2D eigenvalue weighted by molar-refractivity contribution is 0.290. The number of tetrazole rings is 1. The molecule has 106 valence electrons. The predicted molar refractivity (Wildman–Crippen MR) is 69.7 cm³/mol. The van der Waals surface area contributed by atoms with Crippen LogP contribution in [0.4, 0.5) is 0 Å². The topological polar surface area (TPSA) is 104 Å². The Morgan fingerprint density at radius 2 is 2.48 bits per heavy atom. The second-order valence-electron chi connectivity index (χ2n) is 4.03. The van der Waals surface area contributed by atoms with E-state index in [-0.39, 0.29) is 18.4 Å². The van der Waals surface area contributed by atoms with Crippen molar-refractivity contribution < 1.29 is 10.6 Å². The van der Waals surface area contributed by atoms with Gasteiger partial charge in [-0.25, -0.2) is 4.79 Å². The summed E-state index contributed by atoms with van der Waals surface area (Å²) in [6.45, 7) is 0.00535. The van der Waals surface area contributed by atoms with E-state index in [9.17, 15) is 4.79 Å². The Balaban J connectivity index is 1.96. The molecule has 0 spiro atoms. The van der Waals surface area contributed by atoms with Gasteiger partial charge in [-0.1, -0.05) is 5.92 Å². The second kappa shape index (κ2) is 5.01. The van der Waals surface area contributed by atoms with Crippen LogP contribution in [0, 0.1) is 12.3 Å². The average Bonchev–Trinajstić information content (AvgIpc) is 3.18. The lowest BCUT2D eigenvalue weighted by atomic mass is 10.2. The summed E-state index contributed by atoms with van der Waals surface area (Å²) in [5, 5.41) is 11.9. The van der Waals surface area contributed by atoms with Crippen molar-refractivity contribution in [3.05, 3.63) is 40.1 Å². The van der Waals surface area contributed by atoms with Crippen LogP contribution in [0.15, 0.2) is 27.7 Å². The Hall–Kier alpha value is -3.28. The molecular weight excluding hydrogens is 276 g/mol. The number of terminal acetylenes is 1. The molecule has 0 aromatic carbocycles. The fourth-order valence-corrected chi connectivity index (χ4v) is 1.70. The van der Waals surface area contributed by atoms with E-state index in [4.69, 9.17) is 17.0 Å². The van der Waals surface area contributed by atoms with Gasteiger partial charge >= 0.3 is 5.69 Å². The van der Waals surface area contributed by atoms with Crippen LogP contribution in [-0.4, -0.2) is 30.0 Å². The number of H-pyrrole nitrogens is 1. The smallest absolute Gasteiger partial charge is 0.370 e. The van der Waals surface area contributed by atoms with Crippen LogP contribution in [-0.2, 0) is 13.7 Å². The van der Waals surface area contributed by atoms with Gasteiger partial charge in [-0.15, -0.1) is 16.2 Å². The number of nitrogens with zero attached hydrogens (tertiary/aromatic N) is 5. The molecule has 21 heavy (non-hydrogen) atoms. The molecule has 1 N–H and O–H groups in total. The van der Waals surface area contributed by atoms with Crippen molar-refractivity contribution in [3.8, 4) is 24.1 Å². The molecule has 3 aromatic rings. The Kier molecular flexibility index (Phi) is 2.75. The summed E-state index contributed by atoms with van der Waals surface area (Å²) in [5.41, 5.74) is 0.414. The van der Waals surface area contributed by atoms with Crippen molar-refractivity contribution in [2.45, 2.75) is 6.61 Å². The molecule has 3 heterocycles.